The molecule has 1 N–H and O–H groups in total. The van der Waals surface area contributed by atoms with E-state index in [1.807, 2.05) is 18.5 Å². The Morgan fingerprint density at radius 3 is 2.50 bits per heavy atom. The lowest BCUT2D eigenvalue weighted by atomic mass is 9.88. The number of aryl methyl sites for hydroxylation is 3. The van der Waals surface area contributed by atoms with Crippen LogP contribution in [-0.2, 0) is 11.3 Å². The zero-order chi connectivity index (χ0) is 12.3. The largest absolute Gasteiger partial charge is 0.481 e. The van der Waals surface area contributed by atoms with Gasteiger partial charge in [0.15, 0.2) is 0 Å². The minimum absolute atomic E-state index is 0.640. The summed E-state index contributed by atoms with van der Waals surface area (Å²) in [6, 6.07) is 0. The molecule has 0 unspecified atom stereocenters. The zero-order valence-electron chi connectivity index (χ0n) is 10.3. The molecule has 0 spiro atoms. The Hall–Kier alpha value is -1.39. The van der Waals surface area contributed by atoms with Crippen molar-refractivity contribution >= 4 is 5.97 Å². The third-order valence-electron chi connectivity index (χ3n) is 2.71. The minimum Gasteiger partial charge on any atom is -0.481 e. The summed E-state index contributed by atoms with van der Waals surface area (Å²) in [5, 5.41) is 13.2. The molecule has 0 saturated carbocycles. The second kappa shape index (κ2) is 4.63. The van der Waals surface area contributed by atoms with Crippen LogP contribution in [0.3, 0.4) is 0 Å². The fourth-order valence-corrected chi connectivity index (χ4v) is 1.55. The van der Waals surface area contributed by atoms with Gasteiger partial charge >= 0.3 is 5.97 Å². The monoisotopic (exact) mass is 225 g/mol. The standard InChI is InChI=1S/C11H19N3O2/c1-8-12-9(2)14(13-8)7-5-6-11(3,4)10(15)16/h5-7H2,1-4H3,(H,15,16). The van der Waals surface area contributed by atoms with Gasteiger partial charge in [-0.25, -0.2) is 4.98 Å². The van der Waals surface area contributed by atoms with Crippen molar-refractivity contribution in [3.8, 4) is 0 Å². The van der Waals surface area contributed by atoms with Crippen LogP contribution in [0.15, 0.2) is 0 Å². The maximum atomic E-state index is 10.9. The number of carbonyl (C=O) groups is 1. The molecule has 0 atom stereocenters. The molecule has 0 aromatic carbocycles. The van der Waals surface area contributed by atoms with Crippen molar-refractivity contribution in [3.05, 3.63) is 11.6 Å². The van der Waals surface area contributed by atoms with Crippen molar-refractivity contribution in [1.82, 2.24) is 14.8 Å². The van der Waals surface area contributed by atoms with Crippen molar-refractivity contribution in [2.45, 2.75) is 47.1 Å². The fraction of sp³-hybridized carbons (Fsp3) is 0.727. The van der Waals surface area contributed by atoms with Gasteiger partial charge in [-0.3, -0.25) is 9.48 Å². The second-order valence-corrected chi connectivity index (χ2v) is 4.72. The third-order valence-corrected chi connectivity index (χ3v) is 2.71. The summed E-state index contributed by atoms with van der Waals surface area (Å²) in [5.41, 5.74) is -0.663. The Morgan fingerprint density at radius 1 is 1.44 bits per heavy atom. The van der Waals surface area contributed by atoms with E-state index in [0.717, 1.165) is 24.6 Å². The number of aromatic nitrogens is 3. The second-order valence-electron chi connectivity index (χ2n) is 4.72. The van der Waals surface area contributed by atoms with Crippen molar-refractivity contribution in [2.75, 3.05) is 0 Å². The van der Waals surface area contributed by atoms with E-state index in [-0.39, 0.29) is 0 Å². The van der Waals surface area contributed by atoms with Crippen LogP contribution in [0.5, 0.6) is 0 Å². The van der Waals surface area contributed by atoms with E-state index in [2.05, 4.69) is 10.1 Å². The average Bonchev–Trinajstić information content (AvgIpc) is 2.44. The number of carboxylic acid groups (broad SMARTS) is 1. The highest BCUT2D eigenvalue weighted by Crippen LogP contribution is 2.22. The van der Waals surface area contributed by atoms with Crippen molar-refractivity contribution in [2.24, 2.45) is 5.41 Å². The van der Waals surface area contributed by atoms with Crippen LogP contribution in [-0.4, -0.2) is 25.8 Å². The van der Waals surface area contributed by atoms with Crippen LogP contribution in [0.25, 0.3) is 0 Å². The van der Waals surface area contributed by atoms with E-state index in [9.17, 15) is 4.79 Å². The van der Waals surface area contributed by atoms with E-state index in [1.54, 1.807) is 13.8 Å². The highest BCUT2D eigenvalue weighted by molar-refractivity contribution is 5.73. The molecule has 0 radical (unpaired) electrons. The van der Waals surface area contributed by atoms with Crippen LogP contribution in [0.2, 0.25) is 0 Å². The summed E-state index contributed by atoms with van der Waals surface area (Å²) in [4.78, 5) is 15.1. The van der Waals surface area contributed by atoms with Gasteiger partial charge in [0, 0.05) is 6.54 Å². The molecule has 0 saturated heterocycles. The molecule has 5 heteroatoms. The molecule has 0 bridgehead atoms. The smallest absolute Gasteiger partial charge is 0.309 e. The van der Waals surface area contributed by atoms with Gasteiger partial charge in [0.2, 0.25) is 0 Å². The first-order valence-corrected chi connectivity index (χ1v) is 5.44. The first-order chi connectivity index (χ1) is 7.33. The van der Waals surface area contributed by atoms with Gasteiger partial charge < -0.3 is 5.11 Å². The SMILES string of the molecule is Cc1nc(C)n(CCCC(C)(C)C(=O)O)n1. The van der Waals surface area contributed by atoms with E-state index in [4.69, 9.17) is 5.11 Å². The molecule has 1 heterocycles. The summed E-state index contributed by atoms with van der Waals surface area (Å²) in [5.74, 6) is 0.889. The predicted molar refractivity (Wildman–Crippen MR) is 60.1 cm³/mol. The molecule has 1 rings (SSSR count). The van der Waals surface area contributed by atoms with E-state index < -0.39 is 11.4 Å². The maximum absolute atomic E-state index is 10.9. The highest BCUT2D eigenvalue weighted by atomic mass is 16.4. The molecule has 0 aliphatic heterocycles. The van der Waals surface area contributed by atoms with Gasteiger partial charge in [-0.15, -0.1) is 0 Å². The molecule has 5 nitrogen and oxygen atoms in total. The highest BCUT2D eigenvalue weighted by Gasteiger charge is 2.26. The molecule has 0 fully saturated rings. The molecule has 0 amide bonds. The molecule has 90 valence electrons. The average molecular weight is 225 g/mol. The lowest BCUT2D eigenvalue weighted by Crippen LogP contribution is -2.24. The molecule has 1 aromatic rings. The maximum Gasteiger partial charge on any atom is 0.309 e. The number of hydrogen-bond acceptors (Lipinski definition) is 3. The van der Waals surface area contributed by atoms with Crippen molar-refractivity contribution in [1.29, 1.82) is 0 Å². The van der Waals surface area contributed by atoms with Crippen molar-refractivity contribution in [3.63, 3.8) is 0 Å². The first-order valence-electron chi connectivity index (χ1n) is 5.44. The van der Waals surface area contributed by atoms with Crippen LogP contribution in [0.1, 0.15) is 38.3 Å². The summed E-state index contributed by atoms with van der Waals surface area (Å²) < 4.78 is 1.83. The molecule has 0 aliphatic carbocycles. The van der Waals surface area contributed by atoms with Crippen LogP contribution in [0.4, 0.5) is 0 Å². The summed E-state index contributed by atoms with van der Waals surface area (Å²) in [7, 11) is 0. The number of rotatable bonds is 5. The third kappa shape index (κ3) is 3.05. The van der Waals surface area contributed by atoms with Gasteiger partial charge in [0.05, 0.1) is 5.41 Å². The Labute approximate surface area is 95.5 Å². The lowest BCUT2D eigenvalue weighted by Gasteiger charge is -2.18. The summed E-state index contributed by atoms with van der Waals surface area (Å²) in [6.07, 6.45) is 1.43. The molecule has 1 aromatic heterocycles. The fourth-order valence-electron chi connectivity index (χ4n) is 1.55. The Kier molecular flexibility index (Phi) is 3.67. The van der Waals surface area contributed by atoms with Gasteiger partial charge in [-0.05, 0) is 40.5 Å². The Morgan fingerprint density at radius 2 is 2.06 bits per heavy atom. The Balaban J connectivity index is 2.48. The van der Waals surface area contributed by atoms with E-state index >= 15 is 0 Å². The topological polar surface area (TPSA) is 68.0 Å². The number of aliphatic carboxylic acids is 1. The van der Waals surface area contributed by atoms with Gasteiger partial charge in [-0.2, -0.15) is 5.10 Å². The molecule has 0 aliphatic rings. The Bertz CT molecular complexity index is 383. The number of nitrogens with zero attached hydrogens (tertiary/aromatic N) is 3. The first kappa shape index (κ1) is 12.7. The molecule has 16 heavy (non-hydrogen) atoms. The number of carboxylic acids is 1. The van der Waals surface area contributed by atoms with E-state index in [1.165, 1.54) is 0 Å². The van der Waals surface area contributed by atoms with Crippen molar-refractivity contribution < 1.29 is 9.90 Å². The predicted octanol–water partition coefficient (Wildman–Crippen LogP) is 1.79. The minimum atomic E-state index is -0.751. The summed E-state index contributed by atoms with van der Waals surface area (Å²) in [6.45, 7) is 7.97. The van der Waals surface area contributed by atoms with Crippen LogP contribution >= 0.6 is 0 Å². The van der Waals surface area contributed by atoms with Crippen LogP contribution < -0.4 is 0 Å². The van der Waals surface area contributed by atoms with Gasteiger partial charge in [0.25, 0.3) is 0 Å². The molecular weight excluding hydrogens is 206 g/mol. The van der Waals surface area contributed by atoms with E-state index in [0.29, 0.717) is 6.42 Å². The van der Waals surface area contributed by atoms with Gasteiger partial charge in [0.1, 0.15) is 11.6 Å². The lowest BCUT2D eigenvalue weighted by molar-refractivity contribution is -0.147. The number of hydrogen-bond donors (Lipinski definition) is 1. The normalized spacial score (nSPS) is 11.8. The van der Waals surface area contributed by atoms with Crippen LogP contribution in [0, 0.1) is 19.3 Å². The summed E-state index contributed by atoms with van der Waals surface area (Å²) >= 11 is 0. The molecular formula is C11H19N3O2. The quantitative estimate of drug-likeness (QED) is 0.829. The van der Waals surface area contributed by atoms with Gasteiger partial charge in [-0.1, -0.05) is 0 Å². The zero-order valence-corrected chi connectivity index (χ0v) is 10.3.